The average molecular weight is 485 g/mol. The van der Waals surface area contributed by atoms with Gasteiger partial charge in [0.25, 0.3) is 11.7 Å². The first-order valence-corrected chi connectivity index (χ1v) is 12.1. The lowest BCUT2D eigenvalue weighted by Crippen LogP contribution is -2.26. The monoisotopic (exact) mass is 484 g/mol. The minimum Gasteiger partial charge on any atom is -0.321 e. The Labute approximate surface area is 207 Å². The number of hydrogen-bond acceptors (Lipinski definition) is 2. The minimum absolute atomic E-state index is 0.260. The third-order valence-corrected chi connectivity index (χ3v) is 6.67. The van der Waals surface area contributed by atoms with E-state index in [0.717, 1.165) is 27.9 Å². The van der Waals surface area contributed by atoms with Gasteiger partial charge in [-0.25, -0.2) is 0 Å². The first-order chi connectivity index (χ1) is 17.1. The van der Waals surface area contributed by atoms with E-state index in [9.17, 15) is 13.6 Å². The maximum Gasteiger partial charge on any atom is 0.288 e. The van der Waals surface area contributed by atoms with Crippen LogP contribution in [0.4, 0.5) is 14.5 Å². The van der Waals surface area contributed by atoms with Crippen molar-refractivity contribution in [3.05, 3.63) is 131 Å². The molecule has 0 N–H and O–H groups in total. The van der Waals surface area contributed by atoms with Gasteiger partial charge in [-0.1, -0.05) is 96.7 Å². The standard InChI is InChI=1S/C29H22F2N2OS/c30-29(31)35-24-17-15-23(16-18-24)33-19-22-13-7-8-14-25(22)27(33)32-28(34)26(20-9-3-1-4-10-20)21-11-5-2-6-12-21/h1-18,26,29H,19H2. The zero-order chi connectivity index (χ0) is 24.2. The van der Waals surface area contributed by atoms with Crippen molar-refractivity contribution >= 4 is 29.2 Å². The fourth-order valence-corrected chi connectivity index (χ4v) is 4.85. The van der Waals surface area contributed by atoms with Gasteiger partial charge >= 0.3 is 0 Å². The van der Waals surface area contributed by atoms with Crippen molar-refractivity contribution in [2.75, 3.05) is 4.90 Å². The zero-order valence-electron chi connectivity index (χ0n) is 18.7. The number of nitrogens with zero attached hydrogens (tertiary/aromatic N) is 2. The topological polar surface area (TPSA) is 32.7 Å². The van der Waals surface area contributed by atoms with Crippen LogP contribution in [0.2, 0.25) is 0 Å². The molecule has 0 bridgehead atoms. The van der Waals surface area contributed by atoms with Gasteiger partial charge in [0.1, 0.15) is 5.84 Å². The van der Waals surface area contributed by atoms with Crippen molar-refractivity contribution in [3.8, 4) is 0 Å². The maximum absolute atomic E-state index is 13.8. The molecule has 3 nitrogen and oxygen atoms in total. The van der Waals surface area contributed by atoms with Crippen molar-refractivity contribution < 1.29 is 13.6 Å². The van der Waals surface area contributed by atoms with Gasteiger partial charge in [0, 0.05) is 16.1 Å². The summed E-state index contributed by atoms with van der Waals surface area (Å²) in [5, 5.41) is 0. The third kappa shape index (κ3) is 5.03. The Kier molecular flexibility index (Phi) is 6.73. The molecular formula is C29H22F2N2OS. The second kappa shape index (κ2) is 10.2. The Morgan fingerprint density at radius 2 is 1.34 bits per heavy atom. The number of carbonyl (C=O) groups excluding carboxylic acids is 1. The first-order valence-electron chi connectivity index (χ1n) is 11.2. The Hall–Kier alpha value is -3.77. The molecule has 0 atom stereocenters. The Morgan fingerprint density at radius 3 is 1.94 bits per heavy atom. The summed E-state index contributed by atoms with van der Waals surface area (Å²) in [6.07, 6.45) is 0. The van der Waals surface area contributed by atoms with Crippen LogP contribution in [0.25, 0.3) is 0 Å². The summed E-state index contributed by atoms with van der Waals surface area (Å²) < 4.78 is 25.5. The van der Waals surface area contributed by atoms with E-state index in [1.54, 1.807) is 24.3 Å². The van der Waals surface area contributed by atoms with Crippen LogP contribution in [-0.2, 0) is 11.3 Å². The van der Waals surface area contributed by atoms with Crippen molar-refractivity contribution in [1.82, 2.24) is 0 Å². The smallest absolute Gasteiger partial charge is 0.288 e. The molecular weight excluding hydrogens is 462 g/mol. The highest BCUT2D eigenvalue weighted by Crippen LogP contribution is 2.33. The largest absolute Gasteiger partial charge is 0.321 e. The van der Waals surface area contributed by atoms with Gasteiger partial charge in [0.2, 0.25) is 0 Å². The summed E-state index contributed by atoms with van der Waals surface area (Å²) in [6.45, 7) is 0.547. The lowest BCUT2D eigenvalue weighted by molar-refractivity contribution is -0.118. The van der Waals surface area contributed by atoms with Crippen LogP contribution in [0.1, 0.15) is 28.2 Å². The molecule has 0 saturated heterocycles. The number of amides is 1. The van der Waals surface area contributed by atoms with E-state index in [-0.39, 0.29) is 5.91 Å². The van der Waals surface area contributed by atoms with Crippen molar-refractivity contribution in [3.63, 3.8) is 0 Å². The molecule has 174 valence electrons. The number of anilines is 1. The molecule has 0 aromatic heterocycles. The molecule has 0 aliphatic carbocycles. The highest BCUT2D eigenvalue weighted by atomic mass is 32.2. The predicted molar refractivity (Wildman–Crippen MR) is 137 cm³/mol. The van der Waals surface area contributed by atoms with Gasteiger partial charge in [-0.2, -0.15) is 13.8 Å². The van der Waals surface area contributed by atoms with Gasteiger partial charge in [0.15, 0.2) is 0 Å². The summed E-state index contributed by atoms with van der Waals surface area (Å²) in [6, 6.07) is 34.1. The highest BCUT2D eigenvalue weighted by molar-refractivity contribution is 7.99. The van der Waals surface area contributed by atoms with E-state index < -0.39 is 11.7 Å². The summed E-state index contributed by atoms with van der Waals surface area (Å²) in [7, 11) is 0. The molecule has 1 heterocycles. The minimum atomic E-state index is -2.47. The molecule has 35 heavy (non-hydrogen) atoms. The Morgan fingerprint density at radius 1 is 0.771 bits per heavy atom. The molecule has 4 aromatic carbocycles. The van der Waals surface area contributed by atoms with Crippen LogP contribution in [-0.4, -0.2) is 17.5 Å². The Bertz CT molecular complexity index is 1300. The lowest BCUT2D eigenvalue weighted by Gasteiger charge is -2.21. The van der Waals surface area contributed by atoms with Gasteiger partial charge < -0.3 is 4.90 Å². The molecule has 0 saturated carbocycles. The molecule has 6 heteroatoms. The number of aliphatic imine (C=N–C) groups is 1. The van der Waals surface area contributed by atoms with E-state index in [1.807, 2.05) is 89.8 Å². The quantitative estimate of drug-likeness (QED) is 0.273. The summed E-state index contributed by atoms with van der Waals surface area (Å²) in [4.78, 5) is 20.9. The number of amidine groups is 1. The molecule has 0 unspecified atom stereocenters. The predicted octanol–water partition coefficient (Wildman–Crippen LogP) is 7.13. The van der Waals surface area contributed by atoms with Crippen molar-refractivity contribution in [1.29, 1.82) is 0 Å². The molecule has 1 aliphatic rings. The fraction of sp³-hybridized carbons (Fsp3) is 0.103. The fourth-order valence-electron chi connectivity index (χ4n) is 4.35. The molecule has 0 fully saturated rings. The maximum atomic E-state index is 13.8. The van der Waals surface area contributed by atoms with Crippen molar-refractivity contribution in [2.24, 2.45) is 4.99 Å². The van der Waals surface area contributed by atoms with Crippen LogP contribution >= 0.6 is 11.8 Å². The summed E-state index contributed by atoms with van der Waals surface area (Å²) in [5.41, 5.74) is 4.49. The van der Waals surface area contributed by atoms with Crippen LogP contribution in [0.15, 0.2) is 119 Å². The second-order valence-electron chi connectivity index (χ2n) is 8.14. The number of thioether (sulfide) groups is 1. The van der Waals surface area contributed by atoms with Crippen LogP contribution < -0.4 is 4.90 Å². The van der Waals surface area contributed by atoms with E-state index in [1.165, 1.54) is 0 Å². The van der Waals surface area contributed by atoms with Gasteiger partial charge in [-0.3, -0.25) is 4.79 Å². The Balaban J connectivity index is 1.55. The van der Waals surface area contributed by atoms with Gasteiger partial charge in [-0.05, 0) is 41.0 Å². The van der Waals surface area contributed by atoms with Gasteiger partial charge in [0.05, 0.1) is 12.5 Å². The SMILES string of the molecule is O=C(N=C1c2ccccc2CN1c1ccc(SC(F)F)cc1)C(c1ccccc1)c1ccccc1. The van der Waals surface area contributed by atoms with Crippen LogP contribution in [0.3, 0.4) is 0 Å². The number of halogens is 2. The highest BCUT2D eigenvalue weighted by Gasteiger charge is 2.30. The molecule has 4 aromatic rings. The normalized spacial score (nSPS) is 14.1. The number of rotatable bonds is 6. The van der Waals surface area contributed by atoms with E-state index in [4.69, 9.17) is 0 Å². The molecule has 5 rings (SSSR count). The van der Waals surface area contributed by atoms with E-state index in [2.05, 4.69) is 4.99 Å². The number of hydrogen-bond donors (Lipinski definition) is 0. The van der Waals surface area contributed by atoms with Gasteiger partial charge in [-0.15, -0.1) is 0 Å². The van der Waals surface area contributed by atoms with E-state index in [0.29, 0.717) is 29.0 Å². The summed E-state index contributed by atoms with van der Waals surface area (Å²) >= 11 is 0.511. The number of benzene rings is 4. The molecule has 1 aliphatic heterocycles. The number of alkyl halides is 2. The molecule has 0 radical (unpaired) electrons. The second-order valence-corrected chi connectivity index (χ2v) is 9.21. The summed E-state index contributed by atoms with van der Waals surface area (Å²) in [5.74, 6) is -2.70. The first kappa shape index (κ1) is 23.0. The van der Waals surface area contributed by atoms with Crippen LogP contribution in [0, 0.1) is 0 Å². The number of carbonyl (C=O) groups is 1. The number of fused-ring (bicyclic) bond motifs is 1. The molecule has 1 amide bonds. The van der Waals surface area contributed by atoms with E-state index >= 15 is 0 Å². The average Bonchev–Trinajstić information content (AvgIpc) is 3.24. The van der Waals surface area contributed by atoms with Crippen molar-refractivity contribution in [2.45, 2.75) is 23.1 Å². The lowest BCUT2D eigenvalue weighted by atomic mass is 9.90. The zero-order valence-corrected chi connectivity index (χ0v) is 19.5. The molecule has 0 spiro atoms. The third-order valence-electron chi connectivity index (χ3n) is 5.94. The van der Waals surface area contributed by atoms with Crippen LogP contribution in [0.5, 0.6) is 0 Å².